The molecule has 0 unspecified atom stereocenters. The Morgan fingerprint density at radius 1 is 1.00 bits per heavy atom. The Balaban J connectivity index is 1.36. The van der Waals surface area contributed by atoms with Gasteiger partial charge in [-0.15, -0.1) is 11.3 Å². The van der Waals surface area contributed by atoms with Gasteiger partial charge in [0.05, 0.1) is 22.7 Å². The molecule has 150 valence electrons. The second kappa shape index (κ2) is 8.40. The number of amides is 1. The van der Waals surface area contributed by atoms with E-state index in [2.05, 4.69) is 9.97 Å². The highest BCUT2D eigenvalue weighted by Crippen LogP contribution is 2.22. The van der Waals surface area contributed by atoms with Crippen LogP contribution >= 0.6 is 11.3 Å². The third-order valence-electron chi connectivity index (χ3n) is 4.74. The molecule has 0 N–H and O–H groups in total. The van der Waals surface area contributed by atoms with Crippen molar-refractivity contribution in [3.63, 3.8) is 0 Å². The van der Waals surface area contributed by atoms with E-state index in [0.717, 1.165) is 10.7 Å². The maximum absolute atomic E-state index is 12.7. The van der Waals surface area contributed by atoms with E-state index in [1.165, 1.54) is 15.6 Å². The molecule has 1 amide bonds. The van der Waals surface area contributed by atoms with Gasteiger partial charge in [-0.2, -0.15) is 4.31 Å². The minimum Gasteiger partial charge on any atom is -0.340 e. The van der Waals surface area contributed by atoms with Crippen molar-refractivity contribution in [2.45, 2.75) is 11.3 Å². The van der Waals surface area contributed by atoms with Gasteiger partial charge >= 0.3 is 0 Å². The molecule has 1 aromatic carbocycles. The quantitative estimate of drug-likeness (QED) is 0.623. The largest absolute Gasteiger partial charge is 0.340 e. The van der Waals surface area contributed by atoms with Crippen molar-refractivity contribution in [2.75, 3.05) is 26.2 Å². The first kappa shape index (κ1) is 19.7. The Labute approximate surface area is 173 Å². The molecule has 29 heavy (non-hydrogen) atoms. The molecule has 0 radical (unpaired) electrons. The highest BCUT2D eigenvalue weighted by Gasteiger charge is 2.30. The number of pyridine rings is 1. The van der Waals surface area contributed by atoms with Crippen LogP contribution in [0.1, 0.15) is 5.69 Å². The molecule has 0 saturated carbocycles. The number of rotatable bonds is 5. The molecule has 2 aromatic heterocycles. The van der Waals surface area contributed by atoms with Gasteiger partial charge in [-0.05, 0) is 24.3 Å². The summed E-state index contributed by atoms with van der Waals surface area (Å²) in [4.78, 5) is 23.4. The molecular formula is C20H20N4O3S2. The van der Waals surface area contributed by atoms with Crippen LogP contribution in [0.15, 0.2) is 65.0 Å². The van der Waals surface area contributed by atoms with Gasteiger partial charge in [0.2, 0.25) is 15.9 Å². The average molecular weight is 429 g/mol. The lowest BCUT2D eigenvalue weighted by atomic mass is 10.2. The molecule has 0 bridgehead atoms. The lowest BCUT2D eigenvalue weighted by Gasteiger charge is -2.34. The van der Waals surface area contributed by atoms with E-state index >= 15 is 0 Å². The molecule has 3 heterocycles. The van der Waals surface area contributed by atoms with Crippen LogP contribution in [-0.2, 0) is 21.2 Å². The molecule has 3 aromatic rings. The zero-order valence-corrected chi connectivity index (χ0v) is 17.3. The molecule has 1 fully saturated rings. The van der Waals surface area contributed by atoms with Crippen LogP contribution in [0.2, 0.25) is 0 Å². The van der Waals surface area contributed by atoms with Crippen LogP contribution in [0.5, 0.6) is 0 Å². The molecule has 0 aliphatic carbocycles. The number of hydrogen-bond acceptors (Lipinski definition) is 6. The summed E-state index contributed by atoms with van der Waals surface area (Å²) >= 11 is 1.46. The van der Waals surface area contributed by atoms with Crippen molar-refractivity contribution in [1.29, 1.82) is 0 Å². The Kier molecular flexibility index (Phi) is 5.70. The summed E-state index contributed by atoms with van der Waals surface area (Å²) in [5.74, 6) is -0.0420. The number of benzene rings is 1. The summed E-state index contributed by atoms with van der Waals surface area (Å²) < 4.78 is 26.8. The maximum atomic E-state index is 12.7. The van der Waals surface area contributed by atoms with Crippen LogP contribution in [0, 0.1) is 0 Å². The first-order valence-corrected chi connectivity index (χ1v) is 11.5. The predicted octanol–water partition coefficient (Wildman–Crippen LogP) is 2.28. The standard InChI is InChI=1S/C20H20N4O3S2/c25-19(14-16-15-28-20(22-16)18-8-4-5-9-21-18)23-10-12-24(13-11-23)29(26,27)17-6-2-1-3-7-17/h1-9,15H,10-14H2. The number of sulfonamides is 1. The number of aromatic nitrogens is 2. The fourth-order valence-corrected chi connectivity index (χ4v) is 5.42. The van der Waals surface area contributed by atoms with Gasteiger partial charge in [-0.25, -0.2) is 13.4 Å². The molecule has 4 rings (SSSR count). The lowest BCUT2D eigenvalue weighted by molar-refractivity contribution is -0.131. The van der Waals surface area contributed by atoms with Crippen molar-refractivity contribution >= 4 is 27.3 Å². The molecule has 1 saturated heterocycles. The molecule has 0 atom stereocenters. The number of carbonyl (C=O) groups is 1. The van der Waals surface area contributed by atoms with E-state index in [1.54, 1.807) is 41.4 Å². The summed E-state index contributed by atoms with van der Waals surface area (Å²) in [6.07, 6.45) is 1.92. The highest BCUT2D eigenvalue weighted by atomic mass is 32.2. The van der Waals surface area contributed by atoms with Crippen molar-refractivity contribution in [3.05, 3.63) is 65.8 Å². The number of hydrogen-bond donors (Lipinski definition) is 0. The van der Waals surface area contributed by atoms with Crippen molar-refractivity contribution in [3.8, 4) is 10.7 Å². The Morgan fingerprint density at radius 3 is 2.41 bits per heavy atom. The topological polar surface area (TPSA) is 83.5 Å². The summed E-state index contributed by atoms with van der Waals surface area (Å²) in [5, 5.41) is 2.66. The lowest BCUT2D eigenvalue weighted by Crippen LogP contribution is -2.50. The van der Waals surface area contributed by atoms with E-state index in [-0.39, 0.29) is 17.2 Å². The minimum absolute atomic E-state index is 0.0420. The normalized spacial score (nSPS) is 15.4. The van der Waals surface area contributed by atoms with Crippen LogP contribution in [-0.4, -0.2) is 59.7 Å². The van der Waals surface area contributed by atoms with Gasteiger partial charge in [0.15, 0.2) is 0 Å². The van der Waals surface area contributed by atoms with Gasteiger partial charge in [0.25, 0.3) is 0 Å². The molecule has 7 nitrogen and oxygen atoms in total. The number of piperazine rings is 1. The Bertz CT molecular complexity index is 1080. The van der Waals surface area contributed by atoms with Crippen LogP contribution in [0.4, 0.5) is 0 Å². The molecule has 9 heteroatoms. The van der Waals surface area contributed by atoms with Crippen LogP contribution in [0.25, 0.3) is 10.7 Å². The highest BCUT2D eigenvalue weighted by molar-refractivity contribution is 7.89. The summed E-state index contributed by atoms with van der Waals surface area (Å²) in [6, 6.07) is 14.0. The van der Waals surface area contributed by atoms with Crippen LogP contribution < -0.4 is 0 Å². The summed E-state index contributed by atoms with van der Waals surface area (Å²) in [6.45, 7) is 1.34. The van der Waals surface area contributed by atoms with E-state index in [1.807, 2.05) is 23.6 Å². The average Bonchev–Trinajstić information content (AvgIpc) is 3.23. The SMILES string of the molecule is O=C(Cc1csc(-c2ccccn2)n1)N1CCN(S(=O)(=O)c2ccccc2)CC1. The Morgan fingerprint density at radius 2 is 1.72 bits per heavy atom. The van der Waals surface area contributed by atoms with E-state index < -0.39 is 10.0 Å². The van der Waals surface area contributed by atoms with Gasteiger partial charge < -0.3 is 4.90 Å². The van der Waals surface area contributed by atoms with Crippen molar-refractivity contribution in [2.24, 2.45) is 0 Å². The number of nitrogens with zero attached hydrogens (tertiary/aromatic N) is 4. The zero-order chi connectivity index (χ0) is 20.3. The first-order valence-electron chi connectivity index (χ1n) is 9.23. The van der Waals surface area contributed by atoms with Gasteiger partial charge in [0.1, 0.15) is 5.01 Å². The van der Waals surface area contributed by atoms with E-state index in [9.17, 15) is 13.2 Å². The fourth-order valence-electron chi connectivity index (χ4n) is 3.18. The smallest absolute Gasteiger partial charge is 0.243 e. The maximum Gasteiger partial charge on any atom is 0.243 e. The van der Waals surface area contributed by atoms with Crippen molar-refractivity contribution in [1.82, 2.24) is 19.2 Å². The molecule has 0 spiro atoms. The fraction of sp³-hybridized carbons (Fsp3) is 0.250. The summed E-state index contributed by atoms with van der Waals surface area (Å²) in [7, 11) is -3.52. The Hall–Kier alpha value is -2.62. The third kappa shape index (κ3) is 4.36. The van der Waals surface area contributed by atoms with Gasteiger partial charge in [-0.3, -0.25) is 9.78 Å². The minimum atomic E-state index is -3.52. The first-order chi connectivity index (χ1) is 14.0. The second-order valence-electron chi connectivity index (χ2n) is 6.63. The monoisotopic (exact) mass is 428 g/mol. The molecule has 1 aliphatic heterocycles. The number of carbonyl (C=O) groups excluding carboxylic acids is 1. The van der Waals surface area contributed by atoms with E-state index in [0.29, 0.717) is 31.9 Å². The second-order valence-corrected chi connectivity index (χ2v) is 9.43. The van der Waals surface area contributed by atoms with Gasteiger partial charge in [-0.1, -0.05) is 24.3 Å². The van der Waals surface area contributed by atoms with E-state index in [4.69, 9.17) is 0 Å². The zero-order valence-electron chi connectivity index (χ0n) is 15.6. The molecule has 1 aliphatic rings. The summed E-state index contributed by atoms with van der Waals surface area (Å²) in [5.41, 5.74) is 1.50. The van der Waals surface area contributed by atoms with Crippen LogP contribution in [0.3, 0.4) is 0 Å². The third-order valence-corrected chi connectivity index (χ3v) is 7.57. The molecular weight excluding hydrogens is 408 g/mol. The predicted molar refractivity (Wildman–Crippen MR) is 111 cm³/mol. The van der Waals surface area contributed by atoms with Gasteiger partial charge in [0, 0.05) is 37.8 Å². The van der Waals surface area contributed by atoms with Crippen molar-refractivity contribution < 1.29 is 13.2 Å². The number of thiazole rings is 1.